The van der Waals surface area contributed by atoms with Gasteiger partial charge in [0.15, 0.2) is 6.29 Å². The average Bonchev–Trinajstić information content (AvgIpc) is 2.52. The number of aryl methyl sites for hydroxylation is 1. The Kier molecular flexibility index (Phi) is 5.74. The number of ether oxygens (including phenoxy) is 2. The van der Waals surface area contributed by atoms with Gasteiger partial charge in [0.25, 0.3) is 10.1 Å². The molecule has 0 aromatic heterocycles. The third kappa shape index (κ3) is 3.89. The van der Waals surface area contributed by atoms with E-state index in [4.69, 9.17) is 13.7 Å². The standard InChI is InChI=1S/C14H20O8S/c1-8-3-5-9(6-4-8)23(18,19)22-13-11(16)10(7-15)21-14(20-2)12(13)17/h3-6,10-17H,7H2,1-2H3/t10-,11+,12-,13+,14+/m1/s1. The monoisotopic (exact) mass is 348 g/mol. The minimum Gasteiger partial charge on any atom is -0.394 e. The summed E-state index contributed by atoms with van der Waals surface area (Å²) in [5, 5.41) is 29.4. The second-order valence-corrected chi connectivity index (χ2v) is 6.84. The van der Waals surface area contributed by atoms with E-state index in [9.17, 15) is 23.7 Å². The molecule has 0 saturated carbocycles. The lowest BCUT2D eigenvalue weighted by Gasteiger charge is -2.40. The molecule has 130 valence electrons. The van der Waals surface area contributed by atoms with Gasteiger partial charge in [-0.05, 0) is 19.1 Å². The fraction of sp³-hybridized carbons (Fsp3) is 0.571. The van der Waals surface area contributed by atoms with Gasteiger partial charge in [0.05, 0.1) is 11.5 Å². The molecule has 0 spiro atoms. The van der Waals surface area contributed by atoms with Gasteiger partial charge in [0.1, 0.15) is 24.4 Å². The first-order valence-corrected chi connectivity index (χ1v) is 8.36. The van der Waals surface area contributed by atoms with Crippen molar-refractivity contribution in [3.8, 4) is 0 Å². The lowest BCUT2D eigenvalue weighted by Crippen LogP contribution is -2.60. The van der Waals surface area contributed by atoms with Crippen molar-refractivity contribution in [1.82, 2.24) is 0 Å². The number of hydrogen-bond acceptors (Lipinski definition) is 8. The van der Waals surface area contributed by atoms with Gasteiger partial charge in [-0.2, -0.15) is 8.42 Å². The second kappa shape index (κ2) is 7.22. The van der Waals surface area contributed by atoms with Gasteiger partial charge in [-0.15, -0.1) is 0 Å². The van der Waals surface area contributed by atoms with Crippen LogP contribution in [0.3, 0.4) is 0 Å². The van der Waals surface area contributed by atoms with E-state index in [0.717, 1.165) is 5.56 Å². The van der Waals surface area contributed by atoms with Crippen LogP contribution in [0, 0.1) is 6.92 Å². The first-order chi connectivity index (χ1) is 10.8. The minimum atomic E-state index is -4.22. The van der Waals surface area contributed by atoms with Crippen molar-refractivity contribution in [2.24, 2.45) is 0 Å². The van der Waals surface area contributed by atoms with Crippen LogP contribution in [-0.2, 0) is 23.8 Å². The van der Waals surface area contributed by atoms with Crippen molar-refractivity contribution in [2.45, 2.75) is 42.5 Å². The fourth-order valence-corrected chi connectivity index (χ4v) is 3.37. The quantitative estimate of drug-likeness (QED) is 0.589. The molecule has 5 atom stereocenters. The van der Waals surface area contributed by atoms with Gasteiger partial charge in [-0.3, -0.25) is 4.18 Å². The molecule has 1 aliphatic rings. The largest absolute Gasteiger partial charge is 0.394 e. The highest BCUT2D eigenvalue weighted by molar-refractivity contribution is 7.86. The smallest absolute Gasteiger partial charge is 0.297 e. The number of rotatable bonds is 5. The third-order valence-corrected chi connectivity index (χ3v) is 4.93. The molecule has 0 aliphatic carbocycles. The SMILES string of the molecule is CO[C@H]1O[C@H](CO)[C@H](O)[C@H](OS(=O)(=O)c2ccc(C)cc2)[C@H]1O. The van der Waals surface area contributed by atoms with Gasteiger partial charge >= 0.3 is 0 Å². The van der Waals surface area contributed by atoms with Crippen LogP contribution in [0.4, 0.5) is 0 Å². The van der Waals surface area contributed by atoms with E-state index >= 15 is 0 Å². The fourth-order valence-electron chi connectivity index (χ4n) is 2.27. The summed E-state index contributed by atoms with van der Waals surface area (Å²) in [5.74, 6) is 0. The maximum absolute atomic E-state index is 12.3. The molecule has 9 heteroatoms. The Balaban J connectivity index is 2.26. The Morgan fingerprint density at radius 1 is 1.17 bits per heavy atom. The van der Waals surface area contributed by atoms with E-state index in [0.29, 0.717) is 0 Å². The molecule has 1 aliphatic heterocycles. The van der Waals surface area contributed by atoms with Crippen LogP contribution in [0.15, 0.2) is 29.2 Å². The van der Waals surface area contributed by atoms with Gasteiger partial charge in [0.2, 0.25) is 0 Å². The Morgan fingerprint density at radius 3 is 2.30 bits per heavy atom. The number of benzene rings is 1. The summed E-state index contributed by atoms with van der Waals surface area (Å²) in [6.07, 6.45) is -6.98. The molecule has 2 rings (SSSR count). The van der Waals surface area contributed by atoms with Crippen LogP contribution in [0.25, 0.3) is 0 Å². The van der Waals surface area contributed by atoms with Gasteiger partial charge in [0, 0.05) is 7.11 Å². The predicted octanol–water partition coefficient (Wildman–Crippen LogP) is -0.846. The molecular weight excluding hydrogens is 328 g/mol. The van der Waals surface area contributed by atoms with Crippen LogP contribution in [0.1, 0.15) is 5.56 Å². The zero-order valence-electron chi connectivity index (χ0n) is 12.7. The highest BCUT2D eigenvalue weighted by atomic mass is 32.2. The molecule has 0 bridgehead atoms. The summed E-state index contributed by atoms with van der Waals surface area (Å²) in [6, 6.07) is 5.92. The summed E-state index contributed by atoms with van der Waals surface area (Å²) in [5.41, 5.74) is 0.870. The van der Waals surface area contributed by atoms with Gasteiger partial charge in [-0.1, -0.05) is 17.7 Å². The average molecular weight is 348 g/mol. The van der Waals surface area contributed by atoms with Crippen LogP contribution in [0.2, 0.25) is 0 Å². The predicted molar refractivity (Wildman–Crippen MR) is 78.0 cm³/mol. The number of aliphatic hydroxyl groups excluding tert-OH is 3. The molecular formula is C14H20O8S. The molecule has 0 amide bonds. The topological polar surface area (TPSA) is 123 Å². The Hall–Kier alpha value is -1.07. The molecule has 1 heterocycles. The van der Waals surface area contributed by atoms with E-state index in [-0.39, 0.29) is 4.90 Å². The Labute approximate surface area is 134 Å². The number of aliphatic hydroxyl groups is 3. The third-order valence-electron chi connectivity index (χ3n) is 3.60. The van der Waals surface area contributed by atoms with Crippen molar-refractivity contribution in [3.05, 3.63) is 29.8 Å². The maximum Gasteiger partial charge on any atom is 0.297 e. The van der Waals surface area contributed by atoms with E-state index < -0.39 is 47.4 Å². The first-order valence-electron chi connectivity index (χ1n) is 6.95. The Morgan fingerprint density at radius 2 is 1.78 bits per heavy atom. The second-order valence-electron chi connectivity index (χ2n) is 5.27. The molecule has 0 radical (unpaired) electrons. The molecule has 0 unspecified atom stereocenters. The Bertz CT molecular complexity index is 598. The van der Waals surface area contributed by atoms with Crippen molar-refractivity contribution >= 4 is 10.1 Å². The molecule has 8 nitrogen and oxygen atoms in total. The molecule has 3 N–H and O–H groups in total. The van der Waals surface area contributed by atoms with Crippen LogP contribution in [-0.4, -0.2) is 68.2 Å². The van der Waals surface area contributed by atoms with Crippen molar-refractivity contribution in [1.29, 1.82) is 0 Å². The van der Waals surface area contributed by atoms with E-state index in [1.165, 1.54) is 19.2 Å². The highest BCUT2D eigenvalue weighted by Crippen LogP contribution is 2.27. The molecule has 23 heavy (non-hydrogen) atoms. The number of methoxy groups -OCH3 is 1. The summed E-state index contributed by atoms with van der Waals surface area (Å²) in [4.78, 5) is -0.108. The summed E-state index contributed by atoms with van der Waals surface area (Å²) < 4.78 is 39.6. The van der Waals surface area contributed by atoms with Gasteiger partial charge in [-0.25, -0.2) is 0 Å². The molecule has 1 aromatic rings. The zero-order valence-corrected chi connectivity index (χ0v) is 13.5. The summed E-state index contributed by atoms with van der Waals surface area (Å²) >= 11 is 0. The summed E-state index contributed by atoms with van der Waals surface area (Å²) in [6.45, 7) is 1.22. The minimum absolute atomic E-state index is 0.108. The van der Waals surface area contributed by atoms with E-state index in [2.05, 4.69) is 0 Å². The number of hydrogen-bond donors (Lipinski definition) is 3. The normalized spacial score (nSPS) is 32.0. The van der Waals surface area contributed by atoms with Crippen molar-refractivity contribution < 1.29 is 37.4 Å². The summed E-state index contributed by atoms with van der Waals surface area (Å²) in [7, 11) is -2.98. The molecule has 1 fully saturated rings. The van der Waals surface area contributed by atoms with Crippen LogP contribution < -0.4 is 0 Å². The van der Waals surface area contributed by atoms with Crippen molar-refractivity contribution in [2.75, 3.05) is 13.7 Å². The van der Waals surface area contributed by atoms with Crippen LogP contribution >= 0.6 is 0 Å². The van der Waals surface area contributed by atoms with Crippen molar-refractivity contribution in [3.63, 3.8) is 0 Å². The van der Waals surface area contributed by atoms with Crippen LogP contribution in [0.5, 0.6) is 0 Å². The highest BCUT2D eigenvalue weighted by Gasteiger charge is 2.47. The zero-order chi connectivity index (χ0) is 17.2. The maximum atomic E-state index is 12.3. The lowest BCUT2D eigenvalue weighted by molar-refractivity contribution is -0.289. The van der Waals surface area contributed by atoms with E-state index in [1.807, 2.05) is 0 Å². The molecule has 1 saturated heterocycles. The molecule has 1 aromatic carbocycles. The lowest BCUT2D eigenvalue weighted by atomic mass is 9.99. The first kappa shape index (κ1) is 18.3. The van der Waals surface area contributed by atoms with Gasteiger partial charge < -0.3 is 24.8 Å². The van der Waals surface area contributed by atoms with E-state index in [1.54, 1.807) is 19.1 Å².